The average Bonchev–Trinajstić information content (AvgIpc) is 3.13. The second-order valence-corrected chi connectivity index (χ2v) is 7.45. The highest BCUT2D eigenvalue weighted by atomic mass is 79.9. The summed E-state index contributed by atoms with van der Waals surface area (Å²) in [6, 6.07) is 8.19. The smallest absolute Gasteiger partial charge is 0.157 e. The van der Waals surface area contributed by atoms with E-state index in [0.717, 1.165) is 49.0 Å². The van der Waals surface area contributed by atoms with Crippen LogP contribution < -0.4 is 5.73 Å². The fourth-order valence-electron chi connectivity index (χ4n) is 3.19. The molecule has 1 saturated heterocycles. The Labute approximate surface area is 163 Å². The van der Waals surface area contributed by atoms with Crippen molar-refractivity contribution in [3.63, 3.8) is 0 Å². The summed E-state index contributed by atoms with van der Waals surface area (Å²) in [7, 11) is 0. The molecule has 0 saturated carbocycles. The summed E-state index contributed by atoms with van der Waals surface area (Å²) in [5.41, 5.74) is 7.66. The first kappa shape index (κ1) is 19.5. The second kappa shape index (κ2) is 10.2. The zero-order chi connectivity index (χ0) is 18.2. The highest BCUT2D eigenvalue weighted by molar-refractivity contribution is 9.10. The normalized spacial score (nSPS) is 18.8. The molecule has 2 unspecified atom stereocenters. The molecule has 3 rings (SSSR count). The van der Waals surface area contributed by atoms with Gasteiger partial charge in [-0.25, -0.2) is 9.67 Å². The summed E-state index contributed by atoms with van der Waals surface area (Å²) < 4.78 is 14.4. The zero-order valence-electron chi connectivity index (χ0n) is 15.0. The van der Waals surface area contributed by atoms with E-state index in [2.05, 4.69) is 44.2 Å². The van der Waals surface area contributed by atoms with Gasteiger partial charge in [-0.2, -0.15) is 5.10 Å². The first-order chi connectivity index (χ1) is 12.7. The lowest BCUT2D eigenvalue weighted by molar-refractivity contribution is -0.163. The van der Waals surface area contributed by atoms with Gasteiger partial charge in [-0.05, 0) is 50.2 Å². The lowest BCUT2D eigenvalue weighted by Crippen LogP contribution is -2.25. The molecule has 0 radical (unpaired) electrons. The van der Waals surface area contributed by atoms with Gasteiger partial charge in [0.25, 0.3) is 0 Å². The minimum Gasteiger partial charge on any atom is -0.353 e. The van der Waals surface area contributed by atoms with E-state index < -0.39 is 0 Å². The topological polar surface area (TPSA) is 75.2 Å². The van der Waals surface area contributed by atoms with Crippen molar-refractivity contribution < 1.29 is 9.47 Å². The summed E-state index contributed by atoms with van der Waals surface area (Å²) in [4.78, 5) is 4.36. The van der Waals surface area contributed by atoms with Gasteiger partial charge in [0.1, 0.15) is 12.2 Å². The Balaban J connectivity index is 1.43. The van der Waals surface area contributed by atoms with Crippen LogP contribution in [-0.2, 0) is 22.4 Å². The Hall–Kier alpha value is -1.28. The van der Waals surface area contributed by atoms with Crippen molar-refractivity contribution in [2.24, 2.45) is 5.73 Å². The molecule has 0 bridgehead atoms. The molecule has 0 amide bonds. The third-order valence-electron chi connectivity index (χ3n) is 4.64. The van der Waals surface area contributed by atoms with E-state index in [1.807, 2.05) is 10.7 Å². The predicted molar refractivity (Wildman–Crippen MR) is 104 cm³/mol. The molecule has 2 N–H and O–H groups in total. The number of rotatable bonds is 9. The van der Waals surface area contributed by atoms with Gasteiger partial charge in [-0.3, -0.25) is 0 Å². The Morgan fingerprint density at radius 2 is 2.23 bits per heavy atom. The molecular weight excluding hydrogens is 396 g/mol. The predicted octanol–water partition coefficient (Wildman–Crippen LogP) is 3.61. The number of hydrogen-bond acceptors (Lipinski definition) is 5. The number of nitrogens with two attached hydrogens (primary N) is 1. The van der Waals surface area contributed by atoms with E-state index in [1.165, 1.54) is 12.0 Å². The number of aromatic nitrogens is 3. The van der Waals surface area contributed by atoms with E-state index in [1.54, 1.807) is 6.33 Å². The molecule has 1 aliphatic rings. The van der Waals surface area contributed by atoms with Crippen molar-refractivity contribution in [2.45, 2.75) is 57.4 Å². The van der Waals surface area contributed by atoms with E-state index in [0.29, 0.717) is 13.2 Å². The number of aryl methyl sites for hydroxylation is 1. The molecule has 2 aromatic rings. The van der Waals surface area contributed by atoms with Crippen LogP contribution in [0.3, 0.4) is 0 Å². The van der Waals surface area contributed by atoms with Crippen molar-refractivity contribution >= 4 is 15.9 Å². The number of ether oxygens (including phenoxy) is 2. The van der Waals surface area contributed by atoms with Crippen molar-refractivity contribution in [1.29, 1.82) is 0 Å². The van der Waals surface area contributed by atoms with Crippen LogP contribution in [0.5, 0.6) is 0 Å². The van der Waals surface area contributed by atoms with Crippen LogP contribution in [-0.4, -0.2) is 34.3 Å². The van der Waals surface area contributed by atoms with Gasteiger partial charge < -0.3 is 15.2 Å². The highest BCUT2D eigenvalue weighted by Gasteiger charge is 2.16. The van der Waals surface area contributed by atoms with E-state index in [-0.39, 0.29) is 12.3 Å². The highest BCUT2D eigenvalue weighted by Crippen LogP contribution is 2.20. The summed E-state index contributed by atoms with van der Waals surface area (Å²) in [5.74, 6) is 0.824. The van der Waals surface area contributed by atoms with E-state index >= 15 is 0 Å². The van der Waals surface area contributed by atoms with Crippen molar-refractivity contribution in [3.05, 3.63) is 46.5 Å². The molecule has 1 aromatic heterocycles. The zero-order valence-corrected chi connectivity index (χ0v) is 16.6. The van der Waals surface area contributed by atoms with Gasteiger partial charge in [0.2, 0.25) is 0 Å². The maximum absolute atomic E-state index is 6.36. The third kappa shape index (κ3) is 5.61. The van der Waals surface area contributed by atoms with Crippen LogP contribution in [0.4, 0.5) is 0 Å². The number of benzene rings is 1. The molecule has 1 fully saturated rings. The molecule has 26 heavy (non-hydrogen) atoms. The molecule has 6 nitrogen and oxygen atoms in total. The Morgan fingerprint density at radius 1 is 1.35 bits per heavy atom. The van der Waals surface area contributed by atoms with Gasteiger partial charge in [0.15, 0.2) is 6.29 Å². The minimum atomic E-state index is -0.120. The van der Waals surface area contributed by atoms with Crippen LogP contribution in [0.25, 0.3) is 0 Å². The molecule has 2 heterocycles. The summed E-state index contributed by atoms with van der Waals surface area (Å²) in [6.07, 6.45) is 7.62. The number of nitrogens with zero attached hydrogens (tertiary/aromatic N) is 3. The fraction of sp³-hybridized carbons (Fsp3) is 0.579. The maximum Gasteiger partial charge on any atom is 0.157 e. The Bertz CT molecular complexity index is 673. The van der Waals surface area contributed by atoms with Crippen LogP contribution >= 0.6 is 15.9 Å². The van der Waals surface area contributed by atoms with E-state index in [4.69, 9.17) is 15.2 Å². The van der Waals surface area contributed by atoms with Crippen LogP contribution in [0.15, 0.2) is 35.1 Å². The lowest BCUT2D eigenvalue weighted by Gasteiger charge is -2.22. The van der Waals surface area contributed by atoms with Crippen LogP contribution in [0.1, 0.15) is 49.5 Å². The first-order valence-electron chi connectivity index (χ1n) is 9.34. The Kier molecular flexibility index (Phi) is 7.61. The maximum atomic E-state index is 6.36. The molecule has 1 aromatic carbocycles. The molecule has 2 atom stereocenters. The van der Waals surface area contributed by atoms with Gasteiger partial charge in [-0.15, -0.1) is 0 Å². The lowest BCUT2D eigenvalue weighted by atomic mass is 10.0. The van der Waals surface area contributed by atoms with Crippen molar-refractivity contribution in [2.75, 3.05) is 13.2 Å². The molecule has 0 spiro atoms. The first-order valence-corrected chi connectivity index (χ1v) is 10.1. The van der Waals surface area contributed by atoms with Gasteiger partial charge in [0, 0.05) is 11.1 Å². The summed E-state index contributed by atoms with van der Waals surface area (Å²) in [6.45, 7) is 2.00. The largest absolute Gasteiger partial charge is 0.353 e. The molecule has 7 heteroatoms. The third-order valence-corrected chi connectivity index (χ3v) is 5.41. The van der Waals surface area contributed by atoms with Gasteiger partial charge in [-0.1, -0.05) is 34.1 Å². The Morgan fingerprint density at radius 3 is 3.04 bits per heavy atom. The SMILES string of the molecule is NC(CCCc1ccccc1Br)c1ncnn1CCOC1CCCCO1. The molecule has 0 aliphatic carbocycles. The van der Waals surface area contributed by atoms with Crippen molar-refractivity contribution in [3.8, 4) is 0 Å². The molecular formula is C19H27BrN4O2. The minimum absolute atomic E-state index is 0.0753. The van der Waals surface area contributed by atoms with Crippen LogP contribution in [0, 0.1) is 0 Å². The fourth-order valence-corrected chi connectivity index (χ4v) is 3.67. The monoisotopic (exact) mass is 422 g/mol. The number of halogens is 1. The van der Waals surface area contributed by atoms with Gasteiger partial charge in [0.05, 0.1) is 19.2 Å². The van der Waals surface area contributed by atoms with Crippen LogP contribution in [0.2, 0.25) is 0 Å². The van der Waals surface area contributed by atoms with Crippen molar-refractivity contribution in [1.82, 2.24) is 14.8 Å². The summed E-state index contributed by atoms with van der Waals surface area (Å²) in [5, 5.41) is 4.30. The quantitative estimate of drug-likeness (QED) is 0.667. The van der Waals surface area contributed by atoms with Gasteiger partial charge >= 0.3 is 0 Å². The number of hydrogen-bond donors (Lipinski definition) is 1. The second-order valence-electron chi connectivity index (χ2n) is 6.60. The average molecular weight is 423 g/mol. The summed E-state index contributed by atoms with van der Waals surface area (Å²) >= 11 is 3.59. The molecule has 142 valence electrons. The standard InChI is InChI=1S/C19H27BrN4O2/c20-16-8-2-1-6-15(16)7-5-9-17(21)19-22-14-23-24(19)11-13-26-18-10-3-4-12-25-18/h1-2,6,8,14,17-18H,3-5,7,9-13,21H2. The molecule has 1 aliphatic heterocycles. The van der Waals surface area contributed by atoms with E-state index in [9.17, 15) is 0 Å².